The number of carbonyl (C=O) groups excluding carboxylic acids is 1. The number of nitrogens with zero attached hydrogens (tertiary/aromatic N) is 2. The summed E-state index contributed by atoms with van der Waals surface area (Å²) in [5.41, 5.74) is 8.30. The molecule has 0 bridgehead atoms. The van der Waals surface area contributed by atoms with Gasteiger partial charge in [-0.15, -0.1) is 11.3 Å². The van der Waals surface area contributed by atoms with Gasteiger partial charge in [0.1, 0.15) is 15.9 Å². The molecular weight excluding hydrogens is 362 g/mol. The highest BCUT2D eigenvalue weighted by Crippen LogP contribution is 2.21. The van der Waals surface area contributed by atoms with Crippen molar-refractivity contribution >= 4 is 28.8 Å². The van der Waals surface area contributed by atoms with Gasteiger partial charge in [0.25, 0.3) is 5.91 Å². The van der Waals surface area contributed by atoms with Crippen LogP contribution < -0.4 is 11.1 Å². The van der Waals surface area contributed by atoms with Crippen molar-refractivity contribution in [2.24, 2.45) is 5.73 Å². The highest BCUT2D eigenvalue weighted by Gasteiger charge is 2.18. The third kappa shape index (κ3) is 4.05. The molecule has 3 aromatic rings. The predicted molar refractivity (Wildman–Crippen MR) is 96.3 cm³/mol. The minimum Gasteiger partial charge on any atom is -0.390 e. The molecule has 0 radical (unpaired) electrons. The van der Waals surface area contributed by atoms with Crippen LogP contribution >= 0.6 is 22.9 Å². The highest BCUT2D eigenvalue weighted by molar-refractivity contribution is 7.09. The van der Waals surface area contributed by atoms with Crippen LogP contribution in [0, 0.1) is 0 Å². The molecule has 7 nitrogen and oxygen atoms in total. The van der Waals surface area contributed by atoms with E-state index in [0.717, 1.165) is 11.3 Å². The average Bonchev–Trinajstić information content (AvgIpc) is 3.29. The van der Waals surface area contributed by atoms with E-state index in [4.69, 9.17) is 22.4 Å². The van der Waals surface area contributed by atoms with Gasteiger partial charge in [-0.25, -0.2) is 9.97 Å². The van der Waals surface area contributed by atoms with Gasteiger partial charge >= 0.3 is 0 Å². The van der Waals surface area contributed by atoms with E-state index in [1.165, 1.54) is 11.3 Å². The fraction of sp³-hybridized carbons (Fsp3) is 0.188. The number of thiazole rings is 1. The number of nitrogens with two attached hydrogens (primary N) is 1. The normalized spacial score (nSPS) is 12.1. The number of pyridine rings is 1. The summed E-state index contributed by atoms with van der Waals surface area (Å²) in [6.45, 7) is 0.0651. The lowest BCUT2D eigenvalue weighted by atomic mass is 10.2. The molecule has 0 spiro atoms. The molecule has 0 fully saturated rings. The summed E-state index contributed by atoms with van der Waals surface area (Å²) >= 11 is 7.13. The van der Waals surface area contributed by atoms with Crippen molar-refractivity contribution in [1.82, 2.24) is 20.3 Å². The maximum Gasteiger partial charge on any atom is 0.268 e. The number of H-pyrrole nitrogens is 1. The van der Waals surface area contributed by atoms with Crippen molar-refractivity contribution in [3.05, 3.63) is 57.4 Å². The Balaban J connectivity index is 1.73. The highest BCUT2D eigenvalue weighted by atomic mass is 35.5. The minimum atomic E-state index is -0.415. The third-order valence-corrected chi connectivity index (χ3v) is 4.77. The quantitative estimate of drug-likeness (QED) is 0.491. The first kappa shape index (κ1) is 17.6. The Bertz CT molecular complexity index is 862. The lowest BCUT2D eigenvalue weighted by Gasteiger charge is -2.13. The number of amides is 1. The molecule has 5 N–H and O–H groups in total. The number of halogens is 1. The van der Waals surface area contributed by atoms with Gasteiger partial charge in [0.15, 0.2) is 0 Å². The van der Waals surface area contributed by atoms with Gasteiger partial charge in [0, 0.05) is 29.4 Å². The summed E-state index contributed by atoms with van der Waals surface area (Å²) in [4.78, 5) is 23.8. The molecule has 130 valence electrons. The summed E-state index contributed by atoms with van der Waals surface area (Å²) in [6, 6.07) is 6.57. The van der Waals surface area contributed by atoms with Crippen molar-refractivity contribution in [1.29, 1.82) is 0 Å². The Morgan fingerprint density at radius 3 is 2.88 bits per heavy atom. The van der Waals surface area contributed by atoms with E-state index in [-0.39, 0.29) is 19.1 Å². The first-order valence-electron chi connectivity index (χ1n) is 7.47. The molecule has 0 saturated heterocycles. The number of nitrogens with one attached hydrogen (secondary N) is 2. The zero-order valence-electron chi connectivity index (χ0n) is 13.1. The van der Waals surface area contributed by atoms with E-state index in [0.29, 0.717) is 21.5 Å². The largest absolute Gasteiger partial charge is 0.390 e. The number of rotatable bonds is 6. The zero-order valence-corrected chi connectivity index (χ0v) is 14.6. The van der Waals surface area contributed by atoms with Gasteiger partial charge in [-0.2, -0.15) is 0 Å². The lowest BCUT2D eigenvalue weighted by molar-refractivity contribution is 0.0933. The molecule has 3 heterocycles. The molecule has 0 aliphatic rings. The number of aromatic amines is 1. The van der Waals surface area contributed by atoms with E-state index < -0.39 is 6.04 Å². The average molecular weight is 378 g/mol. The SMILES string of the molecule is NC[C@H](NC(=O)c1ccc(-c2ccc(Cl)nc2)[nH]1)c1nc(CO)cs1. The van der Waals surface area contributed by atoms with Gasteiger partial charge in [0.2, 0.25) is 0 Å². The Labute approximate surface area is 152 Å². The second kappa shape index (κ2) is 7.75. The Morgan fingerprint density at radius 1 is 1.40 bits per heavy atom. The van der Waals surface area contributed by atoms with E-state index >= 15 is 0 Å². The van der Waals surface area contributed by atoms with E-state index in [2.05, 4.69) is 20.3 Å². The van der Waals surface area contributed by atoms with Gasteiger partial charge in [-0.1, -0.05) is 11.6 Å². The number of hydrogen-bond acceptors (Lipinski definition) is 6. The Hall–Kier alpha value is -2.26. The second-order valence-corrected chi connectivity index (χ2v) is 6.53. The summed E-state index contributed by atoms with van der Waals surface area (Å²) in [5, 5.41) is 14.8. The number of hydrogen-bond donors (Lipinski definition) is 4. The van der Waals surface area contributed by atoms with Crippen molar-refractivity contribution in [3.63, 3.8) is 0 Å². The molecule has 1 atom stereocenters. The zero-order chi connectivity index (χ0) is 17.8. The van der Waals surface area contributed by atoms with Crippen LogP contribution in [0.25, 0.3) is 11.3 Å². The predicted octanol–water partition coefficient (Wildman–Crippen LogP) is 2.11. The maximum absolute atomic E-state index is 12.5. The van der Waals surface area contributed by atoms with Crippen LogP contribution in [0.1, 0.15) is 27.2 Å². The lowest BCUT2D eigenvalue weighted by Crippen LogP contribution is -2.33. The topological polar surface area (TPSA) is 117 Å². The van der Waals surface area contributed by atoms with Crippen LogP contribution in [-0.2, 0) is 6.61 Å². The summed E-state index contributed by atoms with van der Waals surface area (Å²) < 4.78 is 0. The first-order chi connectivity index (χ1) is 12.1. The molecular formula is C16H16ClN5O2S. The van der Waals surface area contributed by atoms with Crippen LogP contribution in [0.15, 0.2) is 35.8 Å². The van der Waals surface area contributed by atoms with Crippen molar-refractivity contribution < 1.29 is 9.90 Å². The van der Waals surface area contributed by atoms with Crippen molar-refractivity contribution in [2.45, 2.75) is 12.6 Å². The maximum atomic E-state index is 12.5. The second-order valence-electron chi connectivity index (χ2n) is 5.25. The van der Waals surface area contributed by atoms with E-state index in [9.17, 15) is 4.79 Å². The molecule has 0 aliphatic heterocycles. The smallest absolute Gasteiger partial charge is 0.268 e. The van der Waals surface area contributed by atoms with Crippen molar-refractivity contribution in [3.8, 4) is 11.3 Å². The molecule has 9 heteroatoms. The molecule has 0 aromatic carbocycles. The fourth-order valence-corrected chi connectivity index (χ4v) is 3.23. The Kier molecular flexibility index (Phi) is 5.44. The molecule has 3 rings (SSSR count). The molecule has 3 aromatic heterocycles. The van der Waals surface area contributed by atoms with Crippen LogP contribution in [0.3, 0.4) is 0 Å². The first-order valence-corrected chi connectivity index (χ1v) is 8.73. The van der Waals surface area contributed by atoms with Crippen LogP contribution in [0.5, 0.6) is 0 Å². The van der Waals surface area contributed by atoms with Gasteiger partial charge in [0.05, 0.1) is 18.3 Å². The van der Waals surface area contributed by atoms with E-state index in [1.807, 2.05) is 6.07 Å². The number of aliphatic hydroxyl groups is 1. The van der Waals surface area contributed by atoms with Crippen LogP contribution in [0.2, 0.25) is 5.15 Å². The van der Waals surface area contributed by atoms with Gasteiger partial charge in [-0.05, 0) is 24.3 Å². The summed E-state index contributed by atoms with van der Waals surface area (Å²) in [6.07, 6.45) is 1.63. The third-order valence-electron chi connectivity index (χ3n) is 3.54. The molecule has 25 heavy (non-hydrogen) atoms. The summed E-state index contributed by atoms with van der Waals surface area (Å²) in [7, 11) is 0. The molecule has 0 aliphatic carbocycles. The number of carbonyl (C=O) groups is 1. The van der Waals surface area contributed by atoms with Crippen molar-refractivity contribution in [2.75, 3.05) is 6.54 Å². The molecule has 0 saturated carbocycles. The summed E-state index contributed by atoms with van der Waals surface area (Å²) in [5.74, 6) is -0.288. The van der Waals surface area contributed by atoms with Crippen LogP contribution in [0.4, 0.5) is 0 Å². The number of aromatic nitrogens is 3. The minimum absolute atomic E-state index is 0.142. The monoisotopic (exact) mass is 377 g/mol. The molecule has 1 amide bonds. The van der Waals surface area contributed by atoms with E-state index in [1.54, 1.807) is 29.8 Å². The van der Waals surface area contributed by atoms with Gasteiger partial charge < -0.3 is 21.1 Å². The standard InChI is InChI=1S/C16H16ClN5O2S/c17-14-4-1-9(6-19-14)11-2-3-12(21-11)15(24)22-13(5-18)16-20-10(7-23)8-25-16/h1-4,6,8,13,21,23H,5,7,18H2,(H,22,24)/t13-/m0/s1. The van der Waals surface area contributed by atoms with Crippen LogP contribution in [-0.4, -0.2) is 32.5 Å². The fourth-order valence-electron chi connectivity index (χ4n) is 2.24. The number of aliphatic hydroxyl groups excluding tert-OH is 1. The van der Waals surface area contributed by atoms with Gasteiger partial charge in [-0.3, -0.25) is 4.79 Å². The molecule has 0 unspecified atom stereocenters. The Morgan fingerprint density at radius 2 is 2.24 bits per heavy atom.